The fraction of sp³-hybridized carbons (Fsp3) is 0.111. The topological polar surface area (TPSA) is 37.0 Å². The molecule has 1 aromatic heterocycles. The van der Waals surface area contributed by atoms with Gasteiger partial charge in [0.15, 0.2) is 5.52 Å². The van der Waals surface area contributed by atoms with E-state index in [2.05, 4.69) is 4.98 Å². The quantitative estimate of drug-likeness (QED) is 0.579. The molecule has 1 aromatic carbocycles. The lowest BCUT2D eigenvalue weighted by molar-refractivity contribution is -0.673. The zero-order valence-electron chi connectivity index (χ0n) is 6.73. The number of aromatic nitrogens is 2. The maximum absolute atomic E-state index is 9.15. The maximum atomic E-state index is 9.15. The summed E-state index contributed by atoms with van der Waals surface area (Å²) in [7, 11) is 1.92. The van der Waals surface area contributed by atoms with Gasteiger partial charge in [0.05, 0.1) is 12.4 Å². The standard InChI is InChI=1S/C9H8N2O/c1-11-5-7-2-3-8(12)4-9(7)10-6-11/h2-6H,1H3/p+1. The van der Waals surface area contributed by atoms with Gasteiger partial charge in [-0.15, -0.1) is 0 Å². The van der Waals surface area contributed by atoms with Crippen LogP contribution in [-0.2, 0) is 7.05 Å². The van der Waals surface area contributed by atoms with Crippen molar-refractivity contribution in [3.05, 3.63) is 30.7 Å². The van der Waals surface area contributed by atoms with Crippen molar-refractivity contribution in [2.75, 3.05) is 0 Å². The number of phenolic OH excluding ortho intramolecular Hbond substituents is 1. The minimum absolute atomic E-state index is 0.254. The number of aryl methyl sites for hydroxylation is 1. The van der Waals surface area contributed by atoms with E-state index in [1.807, 2.05) is 23.9 Å². The van der Waals surface area contributed by atoms with Crippen molar-refractivity contribution in [2.24, 2.45) is 7.05 Å². The first-order valence-electron chi connectivity index (χ1n) is 3.70. The summed E-state index contributed by atoms with van der Waals surface area (Å²) in [6, 6.07) is 5.15. The molecule has 0 radical (unpaired) electrons. The summed E-state index contributed by atoms with van der Waals surface area (Å²) >= 11 is 0. The van der Waals surface area contributed by atoms with Gasteiger partial charge in [0.25, 0.3) is 6.33 Å². The lowest BCUT2D eigenvalue weighted by Crippen LogP contribution is -2.27. The molecule has 0 fully saturated rings. The molecule has 3 nitrogen and oxygen atoms in total. The van der Waals surface area contributed by atoms with Crippen molar-refractivity contribution in [2.45, 2.75) is 0 Å². The molecule has 60 valence electrons. The summed E-state index contributed by atoms with van der Waals surface area (Å²) in [6.45, 7) is 0. The molecular formula is C9H9N2O+. The second-order valence-electron chi connectivity index (χ2n) is 2.78. The van der Waals surface area contributed by atoms with Crippen LogP contribution >= 0.6 is 0 Å². The van der Waals surface area contributed by atoms with Crippen molar-refractivity contribution in [3.63, 3.8) is 0 Å². The van der Waals surface area contributed by atoms with Crippen LogP contribution in [-0.4, -0.2) is 10.1 Å². The highest BCUT2D eigenvalue weighted by Gasteiger charge is 2.01. The third-order valence-corrected chi connectivity index (χ3v) is 1.74. The highest BCUT2D eigenvalue weighted by Crippen LogP contribution is 2.15. The van der Waals surface area contributed by atoms with E-state index in [-0.39, 0.29) is 5.75 Å². The molecule has 3 heteroatoms. The van der Waals surface area contributed by atoms with E-state index < -0.39 is 0 Å². The van der Waals surface area contributed by atoms with Gasteiger partial charge in [-0.05, 0) is 17.1 Å². The van der Waals surface area contributed by atoms with Crippen molar-refractivity contribution in [1.82, 2.24) is 4.98 Å². The monoisotopic (exact) mass is 161 g/mol. The number of hydrogen-bond acceptors (Lipinski definition) is 2. The normalized spacial score (nSPS) is 10.4. The van der Waals surface area contributed by atoms with Crippen LogP contribution in [0.15, 0.2) is 30.7 Å². The van der Waals surface area contributed by atoms with Crippen LogP contribution in [0.3, 0.4) is 0 Å². The van der Waals surface area contributed by atoms with Gasteiger partial charge in [0.1, 0.15) is 11.9 Å². The lowest BCUT2D eigenvalue weighted by atomic mass is 10.2. The first-order chi connectivity index (χ1) is 5.75. The van der Waals surface area contributed by atoms with Gasteiger partial charge in [-0.2, -0.15) is 0 Å². The molecule has 0 saturated heterocycles. The third kappa shape index (κ3) is 1.09. The predicted molar refractivity (Wildman–Crippen MR) is 44.6 cm³/mol. The number of benzene rings is 1. The van der Waals surface area contributed by atoms with Crippen LogP contribution in [0, 0.1) is 0 Å². The Balaban J connectivity index is 2.79. The molecule has 0 aliphatic carbocycles. The molecular weight excluding hydrogens is 152 g/mol. The Labute approximate surface area is 69.9 Å². The van der Waals surface area contributed by atoms with Gasteiger partial charge in [-0.1, -0.05) is 0 Å². The molecule has 0 saturated carbocycles. The lowest BCUT2D eigenvalue weighted by Gasteiger charge is -1.93. The highest BCUT2D eigenvalue weighted by molar-refractivity contribution is 5.77. The Morgan fingerprint density at radius 3 is 3.08 bits per heavy atom. The van der Waals surface area contributed by atoms with Crippen LogP contribution in [0.2, 0.25) is 0 Å². The molecule has 0 amide bonds. The van der Waals surface area contributed by atoms with E-state index in [9.17, 15) is 0 Å². The summed E-state index contributed by atoms with van der Waals surface area (Å²) in [5, 5.41) is 10.2. The first-order valence-corrected chi connectivity index (χ1v) is 3.70. The van der Waals surface area contributed by atoms with Crippen LogP contribution < -0.4 is 4.57 Å². The summed E-state index contributed by atoms with van der Waals surface area (Å²) < 4.78 is 1.87. The predicted octanol–water partition coefficient (Wildman–Crippen LogP) is 0.765. The maximum Gasteiger partial charge on any atom is 0.286 e. The average molecular weight is 161 g/mol. The van der Waals surface area contributed by atoms with Crippen molar-refractivity contribution in [1.29, 1.82) is 0 Å². The summed E-state index contributed by atoms with van der Waals surface area (Å²) in [5.74, 6) is 0.254. The number of nitrogens with zero attached hydrogens (tertiary/aromatic N) is 2. The zero-order chi connectivity index (χ0) is 8.55. The molecule has 0 aliphatic heterocycles. The molecule has 2 aromatic rings. The molecule has 2 rings (SSSR count). The minimum Gasteiger partial charge on any atom is -0.508 e. The van der Waals surface area contributed by atoms with E-state index in [1.54, 1.807) is 18.5 Å². The van der Waals surface area contributed by atoms with Gasteiger partial charge < -0.3 is 5.11 Å². The molecule has 0 spiro atoms. The van der Waals surface area contributed by atoms with Gasteiger partial charge >= 0.3 is 0 Å². The fourth-order valence-electron chi connectivity index (χ4n) is 1.16. The summed E-state index contributed by atoms with van der Waals surface area (Å²) in [6.07, 6.45) is 3.67. The Kier molecular flexibility index (Phi) is 1.43. The second kappa shape index (κ2) is 2.44. The fourth-order valence-corrected chi connectivity index (χ4v) is 1.16. The molecule has 1 heterocycles. The Morgan fingerprint density at radius 2 is 2.25 bits per heavy atom. The van der Waals surface area contributed by atoms with Gasteiger partial charge in [0.2, 0.25) is 0 Å². The summed E-state index contributed by atoms with van der Waals surface area (Å²) in [5.41, 5.74) is 0.813. The summed E-state index contributed by atoms with van der Waals surface area (Å²) in [4.78, 5) is 4.14. The van der Waals surface area contributed by atoms with Crippen molar-refractivity contribution >= 4 is 10.9 Å². The second-order valence-corrected chi connectivity index (χ2v) is 2.78. The van der Waals surface area contributed by atoms with Gasteiger partial charge in [0, 0.05) is 6.07 Å². The van der Waals surface area contributed by atoms with E-state index in [1.165, 1.54) is 0 Å². The molecule has 0 bridgehead atoms. The van der Waals surface area contributed by atoms with Crippen molar-refractivity contribution < 1.29 is 9.67 Å². The molecule has 12 heavy (non-hydrogen) atoms. The van der Waals surface area contributed by atoms with Gasteiger partial charge in [-0.25, -0.2) is 4.57 Å². The van der Waals surface area contributed by atoms with Crippen LogP contribution in [0.25, 0.3) is 10.9 Å². The highest BCUT2D eigenvalue weighted by atomic mass is 16.3. The van der Waals surface area contributed by atoms with Crippen LogP contribution in [0.1, 0.15) is 0 Å². The number of aromatic hydroxyl groups is 1. The molecule has 0 unspecified atom stereocenters. The Morgan fingerprint density at radius 1 is 1.42 bits per heavy atom. The van der Waals surface area contributed by atoms with E-state index in [0.29, 0.717) is 0 Å². The minimum atomic E-state index is 0.254. The van der Waals surface area contributed by atoms with Gasteiger partial charge in [-0.3, -0.25) is 0 Å². The zero-order valence-corrected chi connectivity index (χ0v) is 6.73. The van der Waals surface area contributed by atoms with Crippen LogP contribution in [0.5, 0.6) is 5.75 Å². The molecule has 0 atom stereocenters. The molecule has 1 N–H and O–H groups in total. The van der Waals surface area contributed by atoms with Crippen molar-refractivity contribution in [3.8, 4) is 5.75 Å². The number of hydrogen-bond donors (Lipinski definition) is 1. The van der Waals surface area contributed by atoms with E-state index in [4.69, 9.17) is 5.11 Å². The van der Waals surface area contributed by atoms with E-state index in [0.717, 1.165) is 10.9 Å². The third-order valence-electron chi connectivity index (χ3n) is 1.74. The largest absolute Gasteiger partial charge is 0.508 e. The SMILES string of the molecule is C[n+]1cnc2cc(O)ccc2c1. The average Bonchev–Trinajstić information content (AvgIpc) is 2.05. The number of phenols is 1. The Bertz CT molecular complexity index is 385. The first kappa shape index (κ1) is 7.03. The van der Waals surface area contributed by atoms with Crippen LogP contribution in [0.4, 0.5) is 0 Å². The molecule has 0 aliphatic rings. The van der Waals surface area contributed by atoms with E-state index >= 15 is 0 Å². The number of fused-ring (bicyclic) bond motifs is 1. The number of rotatable bonds is 0. The smallest absolute Gasteiger partial charge is 0.286 e. The Hall–Kier alpha value is -1.64.